The smallest absolute Gasteiger partial charge is 0.314 e. The first-order valence-corrected chi connectivity index (χ1v) is 9.39. The summed E-state index contributed by atoms with van der Waals surface area (Å²) in [5.74, 6) is 0.428. The molecular weight excluding hydrogens is 350 g/mol. The molecule has 2 N–H and O–H groups in total. The minimum Gasteiger partial charge on any atom is -0.481 e. The summed E-state index contributed by atoms with van der Waals surface area (Å²) in [6, 6.07) is 5.37. The number of benzene rings is 1. The first kappa shape index (κ1) is 19.5. The van der Waals surface area contributed by atoms with Crippen LogP contribution in [-0.4, -0.2) is 53.0 Å². The quantitative estimate of drug-likeness (QED) is 0.788. The number of carbonyl (C=O) groups excluding carboxylic acids is 1. The Balaban J connectivity index is 1.72. The molecule has 2 aliphatic heterocycles. The molecule has 1 aromatic carbocycles. The molecule has 7 heteroatoms. The summed E-state index contributed by atoms with van der Waals surface area (Å²) < 4.78 is 10.6. The maximum absolute atomic E-state index is 12.8. The first-order chi connectivity index (χ1) is 12.8. The molecular formula is C20H27NO6. The fourth-order valence-corrected chi connectivity index (χ4v) is 3.74. The summed E-state index contributed by atoms with van der Waals surface area (Å²) in [5.41, 5.74) is -0.508. The number of nitrogens with zero attached hydrogens (tertiary/aromatic N) is 1. The Morgan fingerprint density at radius 1 is 1.30 bits per heavy atom. The van der Waals surface area contributed by atoms with Gasteiger partial charge in [-0.25, -0.2) is 0 Å². The molecule has 7 nitrogen and oxygen atoms in total. The highest BCUT2D eigenvalue weighted by molar-refractivity contribution is 5.82. The number of hydrogen-bond donors (Lipinski definition) is 2. The number of hydrogen-bond acceptors (Lipinski definition) is 5. The van der Waals surface area contributed by atoms with Gasteiger partial charge in [0.15, 0.2) is 11.5 Å². The summed E-state index contributed by atoms with van der Waals surface area (Å²) in [6.07, 6.45) is 0.537. The predicted molar refractivity (Wildman–Crippen MR) is 97.6 cm³/mol. The maximum atomic E-state index is 12.8. The highest BCUT2D eigenvalue weighted by Crippen LogP contribution is 2.37. The van der Waals surface area contributed by atoms with Crippen LogP contribution < -0.4 is 9.47 Å². The molecule has 1 saturated heterocycles. The highest BCUT2D eigenvalue weighted by atomic mass is 16.7. The Morgan fingerprint density at radius 2 is 2.04 bits per heavy atom. The molecule has 0 bridgehead atoms. The molecule has 2 aliphatic rings. The number of aliphatic hydroxyl groups excluding tert-OH is 1. The van der Waals surface area contributed by atoms with E-state index in [0.717, 1.165) is 5.56 Å². The minimum atomic E-state index is -1.30. The van der Waals surface area contributed by atoms with Gasteiger partial charge in [0.25, 0.3) is 0 Å². The van der Waals surface area contributed by atoms with Crippen molar-refractivity contribution in [2.24, 2.45) is 11.3 Å². The van der Waals surface area contributed by atoms with Crippen molar-refractivity contribution in [1.29, 1.82) is 0 Å². The molecule has 0 saturated carbocycles. The Kier molecular flexibility index (Phi) is 5.60. The molecule has 2 heterocycles. The zero-order chi connectivity index (χ0) is 19.6. The molecule has 0 radical (unpaired) electrons. The van der Waals surface area contributed by atoms with E-state index in [0.29, 0.717) is 36.8 Å². The average Bonchev–Trinajstić information content (AvgIpc) is 3.08. The van der Waals surface area contributed by atoms with Gasteiger partial charge in [-0.2, -0.15) is 0 Å². The number of carboxylic acids is 1. The highest BCUT2D eigenvalue weighted by Gasteiger charge is 2.49. The molecule has 1 aromatic rings. The van der Waals surface area contributed by atoms with Gasteiger partial charge in [0.1, 0.15) is 5.41 Å². The number of carboxylic acid groups (broad SMARTS) is 1. The van der Waals surface area contributed by atoms with Crippen molar-refractivity contribution in [3.8, 4) is 11.5 Å². The Hall–Kier alpha value is -2.28. The van der Waals surface area contributed by atoms with E-state index in [-0.39, 0.29) is 32.1 Å². The molecule has 1 amide bonds. The minimum absolute atomic E-state index is 0.0413. The van der Waals surface area contributed by atoms with Crippen molar-refractivity contribution in [2.75, 3.05) is 19.9 Å². The molecule has 148 valence electrons. The molecule has 0 aromatic heterocycles. The zero-order valence-corrected chi connectivity index (χ0v) is 15.8. The van der Waals surface area contributed by atoms with Crippen molar-refractivity contribution in [3.05, 3.63) is 23.8 Å². The largest absolute Gasteiger partial charge is 0.481 e. The van der Waals surface area contributed by atoms with E-state index >= 15 is 0 Å². The van der Waals surface area contributed by atoms with E-state index in [2.05, 4.69) is 0 Å². The van der Waals surface area contributed by atoms with Crippen molar-refractivity contribution in [1.82, 2.24) is 4.90 Å². The van der Waals surface area contributed by atoms with Gasteiger partial charge in [-0.05, 0) is 42.9 Å². The number of likely N-dealkylation sites (tertiary alicyclic amines) is 1. The van der Waals surface area contributed by atoms with E-state index in [1.165, 1.54) is 0 Å². The van der Waals surface area contributed by atoms with Crippen LogP contribution >= 0.6 is 0 Å². The van der Waals surface area contributed by atoms with E-state index in [1.54, 1.807) is 17.0 Å². The summed E-state index contributed by atoms with van der Waals surface area (Å²) in [5, 5.41) is 20.3. The molecule has 2 atom stereocenters. The third-order valence-corrected chi connectivity index (χ3v) is 5.52. The summed E-state index contributed by atoms with van der Waals surface area (Å²) in [7, 11) is 0. The molecule has 0 unspecified atom stereocenters. The number of ether oxygens (including phenoxy) is 2. The SMILES string of the molecule is CC(C)CC[C@@]1(C(=O)O)CN(C(=O)Cc2ccc3c(c2)OCO3)CC[C@H]1O. The first-order valence-electron chi connectivity index (χ1n) is 9.39. The third-order valence-electron chi connectivity index (χ3n) is 5.52. The van der Waals surface area contributed by atoms with Crippen LogP contribution in [-0.2, 0) is 16.0 Å². The standard InChI is InChI=1S/C20H27NO6/c1-13(2)5-7-20(19(24)25)11-21(8-6-17(20)22)18(23)10-14-3-4-15-16(9-14)27-12-26-15/h3-4,9,13,17,22H,5-8,10-12H2,1-2H3,(H,24,25)/t17-,20-/m1/s1. The second-order valence-corrected chi connectivity index (χ2v) is 7.88. The molecule has 0 spiro atoms. The Labute approximate surface area is 158 Å². The number of amides is 1. The van der Waals surface area contributed by atoms with Crippen molar-refractivity contribution < 1.29 is 29.3 Å². The number of aliphatic hydroxyl groups is 1. The average molecular weight is 377 g/mol. The molecule has 27 heavy (non-hydrogen) atoms. The van der Waals surface area contributed by atoms with E-state index in [1.807, 2.05) is 19.9 Å². The second-order valence-electron chi connectivity index (χ2n) is 7.88. The lowest BCUT2D eigenvalue weighted by Gasteiger charge is -2.43. The second kappa shape index (κ2) is 7.76. The van der Waals surface area contributed by atoms with Crippen molar-refractivity contribution in [2.45, 2.75) is 45.6 Å². The molecule has 1 fully saturated rings. The summed E-state index contributed by atoms with van der Waals surface area (Å²) in [4.78, 5) is 26.4. The summed E-state index contributed by atoms with van der Waals surface area (Å²) >= 11 is 0. The Morgan fingerprint density at radius 3 is 2.74 bits per heavy atom. The summed E-state index contributed by atoms with van der Waals surface area (Å²) in [6.45, 7) is 4.62. The van der Waals surface area contributed by atoms with Gasteiger partial charge in [0.2, 0.25) is 12.7 Å². The van der Waals surface area contributed by atoms with Gasteiger partial charge in [-0.3, -0.25) is 9.59 Å². The number of piperidine rings is 1. The van der Waals surface area contributed by atoms with Crippen LogP contribution in [0.25, 0.3) is 0 Å². The topological polar surface area (TPSA) is 96.3 Å². The number of fused-ring (bicyclic) bond motifs is 1. The van der Waals surface area contributed by atoms with Crippen molar-refractivity contribution >= 4 is 11.9 Å². The van der Waals surface area contributed by atoms with Crippen LogP contribution in [0.4, 0.5) is 0 Å². The van der Waals surface area contributed by atoms with Gasteiger partial charge in [-0.1, -0.05) is 19.9 Å². The number of aliphatic carboxylic acids is 1. The lowest BCUT2D eigenvalue weighted by atomic mass is 9.72. The lowest BCUT2D eigenvalue weighted by molar-refractivity contribution is -0.167. The lowest BCUT2D eigenvalue weighted by Crippen LogP contribution is -2.57. The van der Waals surface area contributed by atoms with E-state index < -0.39 is 17.5 Å². The van der Waals surface area contributed by atoms with Crippen LogP contribution in [0.5, 0.6) is 11.5 Å². The van der Waals surface area contributed by atoms with Gasteiger partial charge in [0.05, 0.1) is 12.5 Å². The normalized spacial score (nSPS) is 24.3. The Bertz CT molecular complexity index is 718. The van der Waals surface area contributed by atoms with Crippen LogP contribution in [0.2, 0.25) is 0 Å². The van der Waals surface area contributed by atoms with Crippen LogP contribution in [0.15, 0.2) is 18.2 Å². The maximum Gasteiger partial charge on any atom is 0.314 e. The fourth-order valence-electron chi connectivity index (χ4n) is 3.74. The van der Waals surface area contributed by atoms with Gasteiger partial charge in [0, 0.05) is 13.1 Å². The van der Waals surface area contributed by atoms with Gasteiger partial charge < -0.3 is 24.6 Å². The van der Waals surface area contributed by atoms with Gasteiger partial charge >= 0.3 is 5.97 Å². The molecule has 3 rings (SSSR count). The zero-order valence-electron chi connectivity index (χ0n) is 15.8. The van der Waals surface area contributed by atoms with Gasteiger partial charge in [-0.15, -0.1) is 0 Å². The van der Waals surface area contributed by atoms with Crippen LogP contribution in [0.3, 0.4) is 0 Å². The van der Waals surface area contributed by atoms with Crippen LogP contribution in [0, 0.1) is 11.3 Å². The van der Waals surface area contributed by atoms with Crippen LogP contribution in [0.1, 0.15) is 38.7 Å². The number of carbonyl (C=O) groups is 2. The van der Waals surface area contributed by atoms with E-state index in [4.69, 9.17) is 9.47 Å². The van der Waals surface area contributed by atoms with E-state index in [9.17, 15) is 19.8 Å². The third kappa shape index (κ3) is 4.03. The molecule has 0 aliphatic carbocycles. The predicted octanol–water partition coefficient (Wildman–Crippen LogP) is 2.06. The monoisotopic (exact) mass is 377 g/mol. The fraction of sp³-hybridized carbons (Fsp3) is 0.600. The number of rotatable bonds is 6. The van der Waals surface area contributed by atoms with Crippen molar-refractivity contribution in [3.63, 3.8) is 0 Å².